The number of amides is 2. The van der Waals surface area contributed by atoms with Gasteiger partial charge in [0.05, 0.1) is 5.56 Å². The van der Waals surface area contributed by atoms with Gasteiger partial charge in [-0.1, -0.05) is 13.0 Å². The molecule has 30 heavy (non-hydrogen) atoms. The molecular formula is C22H24N6O2. The van der Waals surface area contributed by atoms with Gasteiger partial charge in [-0.3, -0.25) is 9.59 Å². The van der Waals surface area contributed by atoms with E-state index in [-0.39, 0.29) is 11.8 Å². The van der Waals surface area contributed by atoms with Crippen LogP contribution in [0.15, 0.2) is 42.9 Å². The summed E-state index contributed by atoms with van der Waals surface area (Å²) in [4.78, 5) is 44.1. The standard InChI is InChI=1S/C22H24N6O2/c1-2-17(22(30)27-11-9-26(10-12-27)18-5-3-4-7-23-18)28-14-15-6-8-24-20-19(15)16(13-25-20)21(28)29/h3-8,13,17H,2,9-12,14H2,1H3,(H,24,25). The highest BCUT2D eigenvalue weighted by atomic mass is 16.2. The lowest BCUT2D eigenvalue weighted by Crippen LogP contribution is -2.56. The monoisotopic (exact) mass is 404 g/mol. The predicted molar refractivity (Wildman–Crippen MR) is 113 cm³/mol. The van der Waals surface area contributed by atoms with E-state index >= 15 is 0 Å². The highest BCUT2D eigenvalue weighted by molar-refractivity contribution is 6.10. The van der Waals surface area contributed by atoms with E-state index in [2.05, 4.69) is 19.9 Å². The maximum absolute atomic E-state index is 13.4. The quantitative estimate of drug-likeness (QED) is 0.719. The van der Waals surface area contributed by atoms with Crippen LogP contribution >= 0.6 is 0 Å². The van der Waals surface area contributed by atoms with Gasteiger partial charge in [0.25, 0.3) is 5.91 Å². The Bertz CT molecular complexity index is 1090. The number of nitrogens with one attached hydrogen (secondary N) is 1. The minimum Gasteiger partial charge on any atom is -0.353 e. The van der Waals surface area contributed by atoms with E-state index in [9.17, 15) is 9.59 Å². The summed E-state index contributed by atoms with van der Waals surface area (Å²) in [6.45, 7) is 5.13. The van der Waals surface area contributed by atoms with Gasteiger partial charge >= 0.3 is 0 Å². The molecule has 0 saturated carbocycles. The van der Waals surface area contributed by atoms with Crippen LogP contribution in [0.25, 0.3) is 11.0 Å². The third kappa shape index (κ3) is 2.99. The molecule has 3 aromatic rings. The summed E-state index contributed by atoms with van der Waals surface area (Å²) >= 11 is 0. The Morgan fingerprint density at radius 3 is 2.70 bits per heavy atom. The van der Waals surface area contributed by atoms with Crippen LogP contribution in [-0.4, -0.2) is 68.8 Å². The van der Waals surface area contributed by atoms with Crippen LogP contribution in [-0.2, 0) is 11.3 Å². The van der Waals surface area contributed by atoms with Crippen LogP contribution < -0.4 is 4.90 Å². The van der Waals surface area contributed by atoms with Crippen LogP contribution in [0.4, 0.5) is 5.82 Å². The van der Waals surface area contributed by atoms with Crippen molar-refractivity contribution in [2.24, 2.45) is 0 Å². The lowest BCUT2D eigenvalue weighted by atomic mass is 9.99. The van der Waals surface area contributed by atoms with Crippen molar-refractivity contribution in [2.45, 2.75) is 25.9 Å². The molecule has 2 amide bonds. The maximum Gasteiger partial charge on any atom is 0.257 e. The maximum atomic E-state index is 13.4. The van der Waals surface area contributed by atoms with Gasteiger partial charge in [0.15, 0.2) is 0 Å². The van der Waals surface area contributed by atoms with Crippen molar-refractivity contribution in [1.29, 1.82) is 0 Å². The molecule has 0 aromatic carbocycles. The molecule has 1 N–H and O–H groups in total. The van der Waals surface area contributed by atoms with Crippen molar-refractivity contribution in [1.82, 2.24) is 24.8 Å². The summed E-state index contributed by atoms with van der Waals surface area (Å²) in [5, 5.41) is 0.880. The van der Waals surface area contributed by atoms with Gasteiger partial charge < -0.3 is 19.7 Å². The number of hydrogen-bond acceptors (Lipinski definition) is 5. The largest absolute Gasteiger partial charge is 0.353 e. The van der Waals surface area contributed by atoms with E-state index in [0.29, 0.717) is 31.6 Å². The van der Waals surface area contributed by atoms with Crippen LogP contribution in [0.1, 0.15) is 29.3 Å². The Labute approximate surface area is 174 Å². The normalized spacial score (nSPS) is 17.5. The number of rotatable bonds is 4. The van der Waals surface area contributed by atoms with Crippen LogP contribution in [0.3, 0.4) is 0 Å². The van der Waals surface area contributed by atoms with Crippen molar-refractivity contribution < 1.29 is 9.59 Å². The molecule has 1 fully saturated rings. The van der Waals surface area contributed by atoms with E-state index in [1.54, 1.807) is 23.5 Å². The number of carbonyl (C=O) groups excluding carboxylic acids is 2. The van der Waals surface area contributed by atoms with E-state index in [0.717, 1.165) is 35.5 Å². The molecule has 3 aromatic heterocycles. The Balaban J connectivity index is 1.32. The minimum absolute atomic E-state index is 0.0239. The molecule has 2 aliphatic rings. The van der Waals surface area contributed by atoms with Crippen LogP contribution in [0.2, 0.25) is 0 Å². The fourth-order valence-electron chi connectivity index (χ4n) is 4.52. The zero-order valence-corrected chi connectivity index (χ0v) is 16.9. The van der Waals surface area contributed by atoms with Crippen LogP contribution in [0.5, 0.6) is 0 Å². The molecular weight excluding hydrogens is 380 g/mol. The van der Waals surface area contributed by atoms with E-state index in [1.807, 2.05) is 36.1 Å². The number of nitrogens with zero attached hydrogens (tertiary/aromatic N) is 5. The molecule has 2 aliphatic heterocycles. The van der Waals surface area contributed by atoms with Crippen molar-refractivity contribution in [2.75, 3.05) is 31.1 Å². The average molecular weight is 404 g/mol. The lowest BCUT2D eigenvalue weighted by Gasteiger charge is -2.40. The fourth-order valence-corrected chi connectivity index (χ4v) is 4.52. The highest BCUT2D eigenvalue weighted by Crippen LogP contribution is 2.30. The molecule has 1 unspecified atom stereocenters. The summed E-state index contributed by atoms with van der Waals surface area (Å²) < 4.78 is 0. The first-order valence-corrected chi connectivity index (χ1v) is 10.4. The van der Waals surface area contributed by atoms with Crippen molar-refractivity contribution >= 4 is 28.7 Å². The van der Waals surface area contributed by atoms with E-state index in [4.69, 9.17) is 0 Å². The van der Waals surface area contributed by atoms with Gasteiger partial charge in [0.2, 0.25) is 5.91 Å². The van der Waals surface area contributed by atoms with E-state index < -0.39 is 6.04 Å². The van der Waals surface area contributed by atoms with Gasteiger partial charge in [-0.05, 0) is 30.2 Å². The number of aromatic nitrogens is 3. The summed E-state index contributed by atoms with van der Waals surface area (Å²) in [5.74, 6) is 0.856. The Morgan fingerprint density at radius 2 is 1.97 bits per heavy atom. The van der Waals surface area contributed by atoms with Gasteiger partial charge in [-0.25, -0.2) is 9.97 Å². The summed E-state index contributed by atoms with van der Waals surface area (Å²) in [7, 11) is 0. The highest BCUT2D eigenvalue weighted by Gasteiger charge is 2.37. The summed E-state index contributed by atoms with van der Waals surface area (Å²) in [6.07, 6.45) is 5.82. The lowest BCUT2D eigenvalue weighted by molar-refractivity contribution is -0.136. The van der Waals surface area contributed by atoms with E-state index in [1.165, 1.54) is 0 Å². The molecule has 5 rings (SSSR count). The van der Waals surface area contributed by atoms with Crippen molar-refractivity contribution in [3.8, 4) is 0 Å². The number of pyridine rings is 2. The predicted octanol–water partition coefficient (Wildman–Crippen LogP) is 2.04. The molecule has 0 bridgehead atoms. The van der Waals surface area contributed by atoms with Crippen molar-refractivity contribution in [3.63, 3.8) is 0 Å². The van der Waals surface area contributed by atoms with Gasteiger partial charge in [0.1, 0.15) is 17.5 Å². The third-order valence-corrected chi connectivity index (χ3v) is 6.10. The second-order valence-electron chi connectivity index (χ2n) is 7.75. The van der Waals surface area contributed by atoms with Gasteiger partial charge in [-0.2, -0.15) is 0 Å². The Hall–Kier alpha value is -3.42. The number of aromatic amines is 1. The molecule has 8 nitrogen and oxygen atoms in total. The number of H-pyrrole nitrogens is 1. The molecule has 1 atom stereocenters. The summed E-state index contributed by atoms with van der Waals surface area (Å²) in [6, 6.07) is 7.33. The first-order chi connectivity index (χ1) is 14.7. The molecule has 0 radical (unpaired) electrons. The fraction of sp³-hybridized carbons (Fsp3) is 0.364. The second kappa shape index (κ2) is 7.44. The average Bonchev–Trinajstić information content (AvgIpc) is 3.24. The minimum atomic E-state index is -0.467. The smallest absolute Gasteiger partial charge is 0.257 e. The Morgan fingerprint density at radius 1 is 1.13 bits per heavy atom. The van der Waals surface area contributed by atoms with Crippen LogP contribution in [0, 0.1) is 0 Å². The van der Waals surface area contributed by atoms with Gasteiger partial charge in [0, 0.05) is 56.7 Å². The molecule has 0 aliphatic carbocycles. The second-order valence-corrected chi connectivity index (χ2v) is 7.75. The third-order valence-electron chi connectivity index (χ3n) is 6.10. The number of anilines is 1. The molecule has 8 heteroatoms. The molecule has 0 spiro atoms. The Kier molecular flexibility index (Phi) is 4.61. The first kappa shape index (κ1) is 18.6. The zero-order valence-electron chi connectivity index (χ0n) is 16.9. The number of carbonyl (C=O) groups is 2. The SMILES string of the molecule is CCC(C(=O)N1CCN(c2ccccn2)CC1)N1Cc2ccnc3[nH]cc(c23)C1=O. The topological polar surface area (TPSA) is 85.4 Å². The molecule has 5 heterocycles. The number of piperazine rings is 1. The molecule has 1 saturated heterocycles. The van der Waals surface area contributed by atoms with Crippen molar-refractivity contribution in [3.05, 3.63) is 54.0 Å². The van der Waals surface area contributed by atoms with Gasteiger partial charge in [-0.15, -0.1) is 0 Å². The first-order valence-electron chi connectivity index (χ1n) is 10.4. The number of hydrogen-bond donors (Lipinski definition) is 1. The molecule has 154 valence electrons. The zero-order chi connectivity index (χ0) is 20.7. The summed E-state index contributed by atoms with van der Waals surface area (Å²) in [5.41, 5.74) is 2.35.